The summed E-state index contributed by atoms with van der Waals surface area (Å²) < 4.78 is 24.7. The van der Waals surface area contributed by atoms with Gasteiger partial charge in [-0.15, -0.1) is 0 Å². The number of aromatic amines is 1. The predicted octanol–water partition coefficient (Wildman–Crippen LogP) is -0.257. The minimum Gasteiger partial charge on any atom is -0.281 e. The first-order valence-electron chi connectivity index (χ1n) is 2.92. The molecule has 7 heteroatoms. The number of H-pyrrole nitrogens is 1. The average molecular weight is 187 g/mol. The van der Waals surface area contributed by atoms with Crippen molar-refractivity contribution in [3.05, 3.63) is 11.9 Å². The molecule has 1 aromatic rings. The Bertz CT molecular complexity index is 427. The lowest BCUT2D eigenvalue weighted by molar-refractivity contribution is 0.563. The van der Waals surface area contributed by atoms with Gasteiger partial charge in [0, 0.05) is 0 Å². The zero-order chi connectivity index (χ0) is 9.19. The highest BCUT2D eigenvalue weighted by atomic mass is 32.2. The summed E-state index contributed by atoms with van der Waals surface area (Å²) in [5, 5.41) is 5.89. The third kappa shape index (κ3) is 1.41. The largest absolute Gasteiger partial charge is 0.296 e. The first-order valence-corrected chi connectivity index (χ1v) is 4.36. The molecule has 0 aromatic carbocycles. The van der Waals surface area contributed by atoms with Gasteiger partial charge in [-0.2, -0.15) is 13.5 Å². The van der Waals surface area contributed by atoms with E-state index in [1.54, 1.807) is 0 Å². The standard InChI is InChI=1S/C5H5N3O3S/c1-4-5(2-6-8-4)12(10,11)7-3-9/h2H,1H3,(H,6,8). The van der Waals surface area contributed by atoms with E-state index in [-0.39, 0.29) is 4.90 Å². The highest BCUT2D eigenvalue weighted by Gasteiger charge is 2.16. The van der Waals surface area contributed by atoms with Crippen LogP contribution in [0.1, 0.15) is 5.69 Å². The topological polar surface area (TPSA) is 92.2 Å². The Labute approximate surface area is 68.4 Å². The number of hydrogen-bond acceptors (Lipinski definition) is 4. The molecule has 1 heterocycles. The summed E-state index contributed by atoms with van der Waals surface area (Å²) >= 11 is 0. The van der Waals surface area contributed by atoms with Crippen LogP contribution >= 0.6 is 0 Å². The molecule has 0 atom stereocenters. The first-order chi connectivity index (χ1) is 5.58. The summed E-state index contributed by atoms with van der Waals surface area (Å²) in [5.41, 5.74) is 0.342. The summed E-state index contributed by atoms with van der Waals surface area (Å²) in [5.74, 6) is 0. The number of aromatic nitrogens is 2. The van der Waals surface area contributed by atoms with Crippen LogP contribution in [0.5, 0.6) is 0 Å². The van der Waals surface area contributed by atoms with Crippen molar-refractivity contribution in [1.29, 1.82) is 0 Å². The molecular weight excluding hydrogens is 182 g/mol. The fourth-order valence-electron chi connectivity index (χ4n) is 0.698. The summed E-state index contributed by atoms with van der Waals surface area (Å²) in [6, 6.07) is 0. The van der Waals surface area contributed by atoms with Crippen LogP contribution in [-0.2, 0) is 14.8 Å². The van der Waals surface area contributed by atoms with Gasteiger partial charge < -0.3 is 0 Å². The maximum Gasteiger partial charge on any atom is 0.296 e. The van der Waals surface area contributed by atoms with Gasteiger partial charge in [-0.05, 0) is 6.92 Å². The van der Waals surface area contributed by atoms with Crippen molar-refractivity contribution >= 4 is 16.1 Å². The second kappa shape index (κ2) is 2.88. The number of aryl methyl sites for hydroxylation is 1. The van der Waals surface area contributed by atoms with Crippen LogP contribution in [-0.4, -0.2) is 24.7 Å². The van der Waals surface area contributed by atoms with Crippen LogP contribution in [0.25, 0.3) is 0 Å². The van der Waals surface area contributed by atoms with Gasteiger partial charge in [-0.25, -0.2) is 4.79 Å². The Balaban J connectivity index is 3.33. The molecule has 0 unspecified atom stereocenters. The van der Waals surface area contributed by atoms with Crippen molar-refractivity contribution in [3.8, 4) is 0 Å². The maximum atomic E-state index is 11.0. The van der Waals surface area contributed by atoms with Gasteiger partial charge in [0.05, 0.1) is 11.9 Å². The predicted molar refractivity (Wildman–Crippen MR) is 38.6 cm³/mol. The van der Waals surface area contributed by atoms with Gasteiger partial charge in [0.2, 0.25) is 0 Å². The highest BCUT2D eigenvalue weighted by Crippen LogP contribution is 2.12. The zero-order valence-electron chi connectivity index (χ0n) is 6.10. The van der Waals surface area contributed by atoms with Crippen LogP contribution < -0.4 is 0 Å². The van der Waals surface area contributed by atoms with E-state index in [4.69, 9.17) is 0 Å². The number of carbonyl (C=O) groups excluding carboxylic acids is 1. The molecule has 0 aliphatic rings. The summed E-state index contributed by atoms with van der Waals surface area (Å²) in [6.45, 7) is 1.51. The molecule has 12 heavy (non-hydrogen) atoms. The lowest BCUT2D eigenvalue weighted by Gasteiger charge is -1.90. The van der Waals surface area contributed by atoms with Crippen LogP contribution in [0.15, 0.2) is 15.5 Å². The molecule has 64 valence electrons. The fourth-order valence-corrected chi connectivity index (χ4v) is 1.51. The van der Waals surface area contributed by atoms with E-state index in [1.165, 1.54) is 6.92 Å². The number of isocyanates is 1. The van der Waals surface area contributed by atoms with Crippen LogP contribution in [0.2, 0.25) is 0 Å². The van der Waals surface area contributed by atoms with Gasteiger partial charge in [0.1, 0.15) is 4.90 Å². The van der Waals surface area contributed by atoms with E-state index >= 15 is 0 Å². The number of hydrogen-bond donors (Lipinski definition) is 1. The normalized spacial score (nSPS) is 10.8. The molecule has 1 aromatic heterocycles. The molecule has 0 amide bonds. The molecule has 1 N–H and O–H groups in total. The molecule has 0 radical (unpaired) electrons. The molecule has 0 fully saturated rings. The molecular formula is C5H5N3O3S. The molecule has 0 spiro atoms. The van der Waals surface area contributed by atoms with Crippen LogP contribution in [0.4, 0.5) is 0 Å². The number of nitrogens with zero attached hydrogens (tertiary/aromatic N) is 2. The number of rotatable bonds is 2. The van der Waals surface area contributed by atoms with E-state index in [0.29, 0.717) is 5.69 Å². The van der Waals surface area contributed by atoms with Crippen molar-refractivity contribution in [1.82, 2.24) is 10.2 Å². The molecule has 1 rings (SSSR count). The van der Waals surface area contributed by atoms with E-state index in [1.807, 2.05) is 0 Å². The molecule has 0 aliphatic carbocycles. The smallest absolute Gasteiger partial charge is 0.281 e. The average Bonchev–Trinajstić information content (AvgIpc) is 2.35. The van der Waals surface area contributed by atoms with Crippen molar-refractivity contribution in [2.75, 3.05) is 0 Å². The fraction of sp³-hybridized carbons (Fsp3) is 0.200. The van der Waals surface area contributed by atoms with Gasteiger partial charge in [-0.3, -0.25) is 5.10 Å². The van der Waals surface area contributed by atoms with E-state index in [2.05, 4.69) is 14.6 Å². The first kappa shape index (κ1) is 8.63. The quantitative estimate of drug-likeness (QED) is 0.510. The summed E-state index contributed by atoms with van der Waals surface area (Å²) in [6.07, 6.45) is 2.06. The second-order valence-corrected chi connectivity index (χ2v) is 3.59. The Morgan fingerprint density at radius 3 is 2.75 bits per heavy atom. The second-order valence-electron chi connectivity index (χ2n) is 2.02. The van der Waals surface area contributed by atoms with Gasteiger partial charge in [0.15, 0.2) is 0 Å². The summed E-state index contributed by atoms with van der Waals surface area (Å²) in [7, 11) is -3.89. The third-order valence-corrected chi connectivity index (χ3v) is 2.50. The lowest BCUT2D eigenvalue weighted by Crippen LogP contribution is -1.96. The van der Waals surface area contributed by atoms with Gasteiger partial charge >= 0.3 is 0 Å². The highest BCUT2D eigenvalue weighted by molar-refractivity contribution is 7.90. The van der Waals surface area contributed by atoms with Gasteiger partial charge in [-0.1, -0.05) is 4.40 Å². The number of nitrogens with one attached hydrogen (secondary N) is 1. The van der Waals surface area contributed by atoms with Crippen LogP contribution in [0.3, 0.4) is 0 Å². The zero-order valence-corrected chi connectivity index (χ0v) is 6.92. The SMILES string of the molecule is Cc1[nH]ncc1S(=O)(=O)N=C=O. The Hall–Kier alpha value is -1.46. The van der Waals surface area contributed by atoms with Crippen LogP contribution in [0, 0.1) is 6.92 Å². The Morgan fingerprint density at radius 2 is 2.33 bits per heavy atom. The van der Waals surface area contributed by atoms with Crippen molar-refractivity contribution < 1.29 is 13.2 Å². The van der Waals surface area contributed by atoms with E-state index < -0.39 is 10.0 Å². The molecule has 0 saturated carbocycles. The van der Waals surface area contributed by atoms with Gasteiger partial charge in [0.25, 0.3) is 16.1 Å². The third-order valence-electron chi connectivity index (χ3n) is 1.22. The monoisotopic (exact) mass is 187 g/mol. The molecule has 0 saturated heterocycles. The maximum absolute atomic E-state index is 11.0. The van der Waals surface area contributed by atoms with Crippen molar-refractivity contribution in [2.45, 2.75) is 11.8 Å². The van der Waals surface area contributed by atoms with E-state index in [9.17, 15) is 13.2 Å². The van der Waals surface area contributed by atoms with Crippen molar-refractivity contribution in [2.24, 2.45) is 4.40 Å². The Morgan fingerprint density at radius 1 is 1.67 bits per heavy atom. The molecule has 0 bridgehead atoms. The number of sulfonamides is 1. The summed E-state index contributed by atoms with van der Waals surface area (Å²) in [4.78, 5) is 9.62. The minimum absolute atomic E-state index is 0.106. The molecule has 0 aliphatic heterocycles. The minimum atomic E-state index is -3.89. The lowest BCUT2D eigenvalue weighted by atomic mass is 10.5. The Kier molecular flexibility index (Phi) is 2.07. The van der Waals surface area contributed by atoms with E-state index in [0.717, 1.165) is 12.3 Å². The van der Waals surface area contributed by atoms with Crippen molar-refractivity contribution in [3.63, 3.8) is 0 Å². The molecule has 6 nitrogen and oxygen atoms in total.